The highest BCUT2D eigenvalue weighted by molar-refractivity contribution is 7.10. The lowest BCUT2D eigenvalue weighted by Crippen LogP contribution is -2.33. The predicted octanol–water partition coefficient (Wildman–Crippen LogP) is 2.28. The molecular weight excluding hydrogens is 321 g/mol. The maximum absolute atomic E-state index is 13.1. The summed E-state index contributed by atoms with van der Waals surface area (Å²) in [6, 6.07) is 9.19. The maximum Gasteiger partial charge on any atom is 0.332 e. The molecule has 1 N–H and O–H groups in total. The summed E-state index contributed by atoms with van der Waals surface area (Å²) in [4.78, 5) is 24.1. The number of benzene rings is 1. The first-order valence-electron chi connectivity index (χ1n) is 6.83. The Morgan fingerprint density at radius 1 is 1.22 bits per heavy atom. The van der Waals surface area contributed by atoms with E-state index < -0.39 is 24.5 Å². The van der Waals surface area contributed by atoms with Gasteiger partial charge in [0.1, 0.15) is 12.4 Å². The molecule has 122 valence electrons. The molecule has 0 unspecified atom stereocenters. The van der Waals surface area contributed by atoms with Gasteiger partial charge in [-0.05, 0) is 29.1 Å². The lowest BCUT2D eigenvalue weighted by molar-refractivity contribution is -0.152. The van der Waals surface area contributed by atoms with E-state index in [2.05, 4.69) is 10.1 Å². The molecule has 2 rings (SSSR count). The van der Waals surface area contributed by atoms with Crippen molar-refractivity contribution >= 4 is 23.2 Å². The zero-order chi connectivity index (χ0) is 16.7. The van der Waals surface area contributed by atoms with Crippen molar-refractivity contribution in [2.75, 3.05) is 20.3 Å². The van der Waals surface area contributed by atoms with E-state index >= 15 is 0 Å². The molecule has 0 aliphatic rings. The van der Waals surface area contributed by atoms with Crippen LogP contribution in [0.5, 0.6) is 0 Å². The first kappa shape index (κ1) is 17.1. The zero-order valence-corrected chi connectivity index (χ0v) is 13.3. The maximum atomic E-state index is 13.1. The summed E-state index contributed by atoms with van der Waals surface area (Å²) in [7, 11) is 1.36. The molecule has 2 aromatic rings. The van der Waals surface area contributed by atoms with Crippen molar-refractivity contribution in [3.8, 4) is 0 Å². The Kier molecular flexibility index (Phi) is 6.25. The Labute approximate surface area is 137 Å². The van der Waals surface area contributed by atoms with Crippen molar-refractivity contribution in [1.29, 1.82) is 0 Å². The minimum Gasteiger partial charge on any atom is -0.454 e. The third-order valence-corrected chi connectivity index (χ3v) is 3.90. The molecule has 1 aromatic carbocycles. The number of hydrogen-bond donors (Lipinski definition) is 1. The predicted molar refractivity (Wildman–Crippen MR) is 83.5 cm³/mol. The van der Waals surface area contributed by atoms with Gasteiger partial charge in [-0.3, -0.25) is 4.79 Å². The Morgan fingerprint density at radius 2 is 1.96 bits per heavy atom. The third kappa shape index (κ3) is 5.15. The molecule has 1 amide bonds. The minimum atomic E-state index is -0.614. The van der Waals surface area contributed by atoms with E-state index in [-0.39, 0.29) is 12.4 Å². The Morgan fingerprint density at radius 3 is 2.57 bits per heavy atom. The van der Waals surface area contributed by atoms with Crippen LogP contribution >= 0.6 is 11.3 Å². The number of hydrogen-bond acceptors (Lipinski definition) is 5. The van der Waals surface area contributed by atoms with Gasteiger partial charge in [0, 0.05) is 12.0 Å². The van der Waals surface area contributed by atoms with Crippen molar-refractivity contribution in [3.05, 3.63) is 58.0 Å². The summed E-state index contributed by atoms with van der Waals surface area (Å²) < 4.78 is 22.5. The number of amides is 1. The van der Waals surface area contributed by atoms with Gasteiger partial charge in [-0.25, -0.2) is 9.18 Å². The quantitative estimate of drug-likeness (QED) is 0.787. The number of carbonyl (C=O) groups is 2. The molecule has 0 aliphatic carbocycles. The molecule has 7 heteroatoms. The largest absolute Gasteiger partial charge is 0.454 e. The summed E-state index contributed by atoms with van der Waals surface area (Å²) in [5, 5.41) is 4.67. The van der Waals surface area contributed by atoms with Crippen LogP contribution in [0.3, 0.4) is 0 Å². The smallest absolute Gasteiger partial charge is 0.332 e. The second-order valence-electron chi connectivity index (χ2n) is 4.66. The lowest BCUT2D eigenvalue weighted by atomic mass is 10.1. The molecule has 1 atom stereocenters. The van der Waals surface area contributed by atoms with Crippen molar-refractivity contribution < 1.29 is 23.5 Å². The monoisotopic (exact) mass is 337 g/mol. The van der Waals surface area contributed by atoms with Crippen molar-refractivity contribution in [3.63, 3.8) is 0 Å². The topological polar surface area (TPSA) is 64.6 Å². The second-order valence-corrected chi connectivity index (χ2v) is 5.64. The number of esters is 1. The van der Waals surface area contributed by atoms with Crippen LogP contribution in [-0.4, -0.2) is 32.2 Å². The van der Waals surface area contributed by atoms with Crippen LogP contribution in [-0.2, 0) is 19.1 Å². The summed E-state index contributed by atoms with van der Waals surface area (Å²) in [6.07, 6.45) is 0. The van der Waals surface area contributed by atoms with E-state index in [9.17, 15) is 14.0 Å². The Balaban J connectivity index is 2.05. The molecule has 0 bridgehead atoms. The van der Waals surface area contributed by atoms with Crippen molar-refractivity contribution in [2.24, 2.45) is 0 Å². The zero-order valence-electron chi connectivity index (χ0n) is 12.5. The van der Waals surface area contributed by atoms with Crippen LogP contribution in [0.1, 0.15) is 16.5 Å². The van der Waals surface area contributed by atoms with Crippen LogP contribution < -0.4 is 5.32 Å². The molecular formula is C16H16FNO4S. The van der Waals surface area contributed by atoms with Crippen LogP contribution in [0.2, 0.25) is 0 Å². The highest BCUT2D eigenvalue weighted by Gasteiger charge is 2.18. The molecule has 0 fully saturated rings. The SMILES string of the molecule is COCC(=O)OCC(=O)N[C@H](c1ccc(F)cc1)c1cccs1. The van der Waals surface area contributed by atoms with Gasteiger partial charge in [0.25, 0.3) is 5.91 Å². The van der Waals surface area contributed by atoms with Gasteiger partial charge in [-0.15, -0.1) is 11.3 Å². The lowest BCUT2D eigenvalue weighted by Gasteiger charge is -2.18. The number of ether oxygens (including phenoxy) is 2. The average molecular weight is 337 g/mol. The van der Waals surface area contributed by atoms with Gasteiger partial charge in [-0.2, -0.15) is 0 Å². The van der Waals surface area contributed by atoms with Crippen LogP contribution in [0.25, 0.3) is 0 Å². The van der Waals surface area contributed by atoms with Gasteiger partial charge in [0.15, 0.2) is 6.61 Å². The molecule has 1 aromatic heterocycles. The summed E-state index contributed by atoms with van der Waals surface area (Å²) in [5.41, 5.74) is 0.741. The van der Waals surface area contributed by atoms with E-state index in [0.717, 1.165) is 10.4 Å². The number of halogens is 1. The van der Waals surface area contributed by atoms with Gasteiger partial charge < -0.3 is 14.8 Å². The Hall–Kier alpha value is -2.25. The normalized spacial score (nSPS) is 11.7. The van der Waals surface area contributed by atoms with Gasteiger partial charge >= 0.3 is 5.97 Å². The molecule has 0 radical (unpaired) electrons. The molecule has 0 aliphatic heterocycles. The first-order valence-corrected chi connectivity index (χ1v) is 7.71. The van der Waals surface area contributed by atoms with Gasteiger partial charge in [0.05, 0.1) is 6.04 Å². The fourth-order valence-electron chi connectivity index (χ4n) is 1.94. The van der Waals surface area contributed by atoms with Crippen molar-refractivity contribution in [1.82, 2.24) is 5.32 Å². The Bertz CT molecular complexity index is 643. The van der Waals surface area contributed by atoms with E-state index in [1.54, 1.807) is 12.1 Å². The van der Waals surface area contributed by atoms with Gasteiger partial charge in [0.2, 0.25) is 0 Å². The molecule has 23 heavy (non-hydrogen) atoms. The standard InChI is InChI=1S/C16H16FNO4S/c1-21-10-15(20)22-9-14(19)18-16(13-3-2-8-23-13)11-4-6-12(17)7-5-11/h2-8,16H,9-10H2,1H3,(H,18,19)/t16-/m1/s1. The van der Waals surface area contributed by atoms with E-state index in [0.29, 0.717) is 0 Å². The molecule has 5 nitrogen and oxygen atoms in total. The second kappa shape index (κ2) is 8.40. The van der Waals surface area contributed by atoms with E-state index in [1.165, 1.54) is 30.6 Å². The minimum absolute atomic E-state index is 0.209. The number of nitrogens with one attached hydrogen (secondary N) is 1. The van der Waals surface area contributed by atoms with E-state index in [4.69, 9.17) is 4.74 Å². The summed E-state index contributed by atoms with van der Waals surface area (Å²) in [5.74, 6) is -1.41. The average Bonchev–Trinajstić information content (AvgIpc) is 3.06. The number of rotatable bonds is 7. The fraction of sp³-hybridized carbons (Fsp3) is 0.250. The molecule has 0 spiro atoms. The highest BCUT2D eigenvalue weighted by Crippen LogP contribution is 2.26. The number of methoxy groups -OCH3 is 1. The molecule has 0 saturated carbocycles. The first-order chi connectivity index (χ1) is 11.1. The van der Waals surface area contributed by atoms with Crippen molar-refractivity contribution in [2.45, 2.75) is 6.04 Å². The summed E-state index contributed by atoms with van der Waals surface area (Å²) >= 11 is 1.47. The van der Waals surface area contributed by atoms with Crippen LogP contribution in [0.4, 0.5) is 4.39 Å². The number of thiophene rings is 1. The third-order valence-electron chi connectivity index (χ3n) is 2.96. The fourth-order valence-corrected chi connectivity index (χ4v) is 2.74. The molecule has 1 heterocycles. The van der Waals surface area contributed by atoms with Crippen LogP contribution in [0, 0.1) is 5.82 Å². The number of carbonyl (C=O) groups excluding carboxylic acids is 2. The summed E-state index contributed by atoms with van der Waals surface area (Å²) in [6.45, 7) is -0.606. The van der Waals surface area contributed by atoms with Crippen LogP contribution in [0.15, 0.2) is 41.8 Å². The highest BCUT2D eigenvalue weighted by atomic mass is 32.1. The van der Waals surface area contributed by atoms with E-state index in [1.807, 2.05) is 17.5 Å². The van der Waals surface area contributed by atoms with Gasteiger partial charge in [-0.1, -0.05) is 18.2 Å². The molecule has 0 saturated heterocycles.